The van der Waals surface area contributed by atoms with E-state index in [9.17, 15) is 29.5 Å². The van der Waals surface area contributed by atoms with Crippen molar-refractivity contribution in [2.75, 3.05) is 12.4 Å². The summed E-state index contributed by atoms with van der Waals surface area (Å²) < 4.78 is 4.84. The topological polar surface area (TPSA) is 148 Å². The van der Waals surface area contributed by atoms with Gasteiger partial charge in [0, 0.05) is 23.8 Å². The molecule has 2 atom stereocenters. The van der Waals surface area contributed by atoms with Crippen LogP contribution in [0.25, 0.3) is 0 Å². The van der Waals surface area contributed by atoms with Gasteiger partial charge in [0.2, 0.25) is 0 Å². The molecular formula is C18H16N3NaO7S. The first-order valence-electron chi connectivity index (χ1n) is 8.45. The predicted octanol–water partition coefficient (Wildman–Crippen LogP) is -4.16. The first-order valence-corrected chi connectivity index (χ1v) is 9.49. The maximum absolute atomic E-state index is 12.5. The van der Waals surface area contributed by atoms with Crippen LogP contribution in [0.5, 0.6) is 0 Å². The fourth-order valence-electron chi connectivity index (χ4n) is 3.01. The number of carbonyl (C=O) groups is 4. The van der Waals surface area contributed by atoms with Crippen molar-refractivity contribution in [3.63, 3.8) is 0 Å². The third-order valence-corrected chi connectivity index (χ3v) is 5.68. The average Bonchev–Trinajstić information content (AvgIpc) is 2.70. The molecule has 0 bridgehead atoms. The Morgan fingerprint density at radius 3 is 2.57 bits per heavy atom. The van der Waals surface area contributed by atoms with Gasteiger partial charge < -0.3 is 25.2 Å². The van der Waals surface area contributed by atoms with Gasteiger partial charge >= 0.3 is 35.5 Å². The van der Waals surface area contributed by atoms with Gasteiger partial charge in [0.25, 0.3) is 11.8 Å². The monoisotopic (exact) mass is 441 g/mol. The van der Waals surface area contributed by atoms with E-state index in [0.717, 1.165) is 4.90 Å². The molecule has 2 amide bonds. The molecule has 3 rings (SSSR count). The zero-order valence-electron chi connectivity index (χ0n) is 16.2. The number of carboxylic acid groups (broad SMARTS) is 1. The minimum absolute atomic E-state index is 0. The van der Waals surface area contributed by atoms with E-state index in [1.807, 2.05) is 0 Å². The van der Waals surface area contributed by atoms with Crippen LogP contribution in [-0.4, -0.2) is 63.3 Å². The molecule has 2 heterocycles. The van der Waals surface area contributed by atoms with Crippen LogP contribution in [0.3, 0.4) is 0 Å². The van der Waals surface area contributed by atoms with Gasteiger partial charge in [0.05, 0.1) is 11.7 Å². The molecule has 10 nitrogen and oxygen atoms in total. The van der Waals surface area contributed by atoms with Crippen molar-refractivity contribution < 1.29 is 63.8 Å². The Hall–Kier alpha value is -2.34. The third kappa shape index (κ3) is 4.69. The number of oxime groups is 1. The van der Waals surface area contributed by atoms with Gasteiger partial charge in [-0.2, -0.15) is 0 Å². The maximum Gasteiger partial charge on any atom is 1.00 e. The van der Waals surface area contributed by atoms with E-state index in [-0.39, 0.29) is 58.9 Å². The van der Waals surface area contributed by atoms with E-state index in [4.69, 9.17) is 4.74 Å². The fraction of sp³-hybridized carbons (Fsp3) is 0.278. The van der Waals surface area contributed by atoms with Gasteiger partial charge in [0.1, 0.15) is 18.0 Å². The number of carbonyl (C=O) groups excluding carboxylic acids is 4. The van der Waals surface area contributed by atoms with E-state index < -0.39 is 35.2 Å². The standard InChI is InChI=1S/C18H17N3O7S.Na/c1-9(22)28-7-11-8-29-17-13(16(24)21(17)14(11)18(25)26)19-15(23)12(20-27)10-5-3-2-4-6-10;/h2-6,13,17,27H,7-8H2,1H3,(H,19,23)(H,25,26);/q;+1/p-1/t13-,17+;/m1./s1. The fourth-order valence-corrected chi connectivity index (χ4v) is 4.34. The zero-order valence-corrected chi connectivity index (χ0v) is 19.0. The summed E-state index contributed by atoms with van der Waals surface area (Å²) in [5.74, 6) is -3.41. The molecule has 2 aliphatic heterocycles. The SMILES string of the molecule is CC(=O)OCC1=C(C(=O)[O-])N2C(=O)[C@@H](NC(=O)C(=NO)c3ccccc3)[C@@H]2SC1.[Na+]. The summed E-state index contributed by atoms with van der Waals surface area (Å²) in [4.78, 5) is 48.6. The Kier molecular flexibility index (Phi) is 8.07. The molecule has 0 aliphatic carbocycles. The second-order valence-corrected chi connectivity index (χ2v) is 7.30. The Morgan fingerprint density at radius 1 is 1.33 bits per heavy atom. The van der Waals surface area contributed by atoms with Crippen LogP contribution in [0.4, 0.5) is 0 Å². The molecule has 1 aromatic rings. The first-order chi connectivity index (χ1) is 13.8. The van der Waals surface area contributed by atoms with Crippen LogP contribution >= 0.6 is 11.8 Å². The second-order valence-electron chi connectivity index (χ2n) is 6.20. The number of fused-ring (bicyclic) bond motifs is 1. The van der Waals surface area contributed by atoms with E-state index in [1.165, 1.54) is 18.7 Å². The summed E-state index contributed by atoms with van der Waals surface area (Å²) in [6.45, 7) is 0.917. The number of carboxylic acids is 1. The van der Waals surface area contributed by atoms with Crippen LogP contribution in [0.15, 0.2) is 46.8 Å². The number of benzene rings is 1. The number of ether oxygens (including phenoxy) is 1. The molecule has 0 saturated carbocycles. The van der Waals surface area contributed by atoms with Gasteiger partial charge in [-0.05, 0) is 0 Å². The molecule has 30 heavy (non-hydrogen) atoms. The van der Waals surface area contributed by atoms with E-state index in [1.54, 1.807) is 30.3 Å². The largest absolute Gasteiger partial charge is 1.00 e. The van der Waals surface area contributed by atoms with Crippen molar-refractivity contribution in [1.29, 1.82) is 0 Å². The van der Waals surface area contributed by atoms with Crippen molar-refractivity contribution >= 4 is 41.2 Å². The second kappa shape index (κ2) is 10.1. The number of nitrogens with zero attached hydrogens (tertiary/aromatic N) is 2. The number of aliphatic carboxylic acids is 1. The Labute approximate surface area is 197 Å². The predicted molar refractivity (Wildman–Crippen MR) is 98.5 cm³/mol. The van der Waals surface area contributed by atoms with Crippen molar-refractivity contribution in [2.45, 2.75) is 18.3 Å². The number of β-lactam (4-membered cyclic amide) rings is 1. The molecule has 12 heteroatoms. The number of esters is 1. The smallest absolute Gasteiger partial charge is 0.543 e. The van der Waals surface area contributed by atoms with Crippen molar-refractivity contribution in [3.8, 4) is 0 Å². The number of thioether (sulfide) groups is 1. The first kappa shape index (κ1) is 23.9. The average molecular weight is 441 g/mol. The number of hydrogen-bond acceptors (Lipinski definition) is 9. The molecule has 0 unspecified atom stereocenters. The summed E-state index contributed by atoms with van der Waals surface area (Å²) in [5, 5.41) is 25.6. The Bertz CT molecular complexity index is 935. The summed E-state index contributed by atoms with van der Waals surface area (Å²) in [7, 11) is 0. The van der Waals surface area contributed by atoms with Crippen molar-refractivity contribution in [3.05, 3.63) is 47.2 Å². The van der Waals surface area contributed by atoms with Crippen LogP contribution in [0.1, 0.15) is 12.5 Å². The zero-order chi connectivity index (χ0) is 21.1. The third-order valence-electron chi connectivity index (χ3n) is 4.34. The number of rotatable bonds is 6. The van der Waals surface area contributed by atoms with Crippen LogP contribution in [0.2, 0.25) is 0 Å². The van der Waals surface area contributed by atoms with Gasteiger partial charge in [-0.25, -0.2) is 0 Å². The quantitative estimate of drug-likeness (QED) is 0.113. The maximum atomic E-state index is 12.5. The molecule has 0 aromatic heterocycles. The van der Waals surface area contributed by atoms with E-state index in [2.05, 4.69) is 10.5 Å². The summed E-state index contributed by atoms with van der Waals surface area (Å²) >= 11 is 1.21. The molecule has 152 valence electrons. The molecule has 0 radical (unpaired) electrons. The molecule has 2 N–H and O–H groups in total. The number of amides is 2. The Balaban J connectivity index is 0.00000320. The van der Waals surface area contributed by atoms with E-state index >= 15 is 0 Å². The summed E-state index contributed by atoms with van der Waals surface area (Å²) in [6, 6.07) is 7.17. The Morgan fingerprint density at radius 2 is 2.00 bits per heavy atom. The normalized spacial score (nSPS) is 20.5. The number of hydrogen-bond donors (Lipinski definition) is 2. The summed E-state index contributed by atoms with van der Waals surface area (Å²) in [6.07, 6.45) is 0. The van der Waals surface area contributed by atoms with Gasteiger partial charge in [-0.15, -0.1) is 11.8 Å². The van der Waals surface area contributed by atoms with Gasteiger partial charge in [-0.1, -0.05) is 35.5 Å². The molecule has 0 spiro atoms. The molecule has 1 fully saturated rings. The van der Waals surface area contributed by atoms with Crippen molar-refractivity contribution in [1.82, 2.24) is 10.2 Å². The molecular weight excluding hydrogens is 425 g/mol. The number of nitrogens with one attached hydrogen (secondary N) is 1. The van der Waals surface area contributed by atoms with Crippen LogP contribution < -0.4 is 40.0 Å². The minimum atomic E-state index is -1.57. The van der Waals surface area contributed by atoms with Crippen molar-refractivity contribution in [2.24, 2.45) is 5.16 Å². The molecule has 1 saturated heterocycles. The van der Waals surface area contributed by atoms with Gasteiger partial charge in [-0.3, -0.25) is 19.3 Å². The van der Waals surface area contributed by atoms with Gasteiger partial charge in [0.15, 0.2) is 5.71 Å². The summed E-state index contributed by atoms with van der Waals surface area (Å²) in [5.41, 5.74) is -0.0404. The molecule has 1 aromatic carbocycles. The van der Waals surface area contributed by atoms with E-state index in [0.29, 0.717) is 5.56 Å². The van der Waals surface area contributed by atoms with Crippen LogP contribution in [0, 0.1) is 0 Å². The molecule has 2 aliphatic rings. The minimum Gasteiger partial charge on any atom is -0.543 e. The van der Waals surface area contributed by atoms with Crippen LogP contribution in [-0.2, 0) is 23.9 Å².